The summed E-state index contributed by atoms with van der Waals surface area (Å²) >= 11 is 6.25. The molecule has 0 fully saturated rings. The molecule has 0 unspecified atom stereocenters. The number of rotatable bonds is 7. The lowest BCUT2D eigenvalue weighted by Gasteiger charge is -2.10. The highest BCUT2D eigenvalue weighted by Crippen LogP contribution is 2.30. The van der Waals surface area contributed by atoms with E-state index in [1.54, 1.807) is 37.4 Å². The number of aromatic nitrogens is 2. The lowest BCUT2D eigenvalue weighted by Crippen LogP contribution is -2.02. The molecule has 2 heterocycles. The van der Waals surface area contributed by atoms with E-state index in [0.717, 1.165) is 5.56 Å². The van der Waals surface area contributed by atoms with Crippen LogP contribution in [0.4, 0.5) is 6.01 Å². The summed E-state index contributed by atoms with van der Waals surface area (Å²) in [7, 11) is 1.58. The Labute approximate surface area is 176 Å². The molecule has 4 aromatic rings. The van der Waals surface area contributed by atoms with Crippen molar-refractivity contribution < 1.29 is 23.8 Å². The smallest absolute Gasteiger partial charge is 0.354 e. The van der Waals surface area contributed by atoms with E-state index in [1.807, 2.05) is 12.1 Å². The summed E-state index contributed by atoms with van der Waals surface area (Å²) < 4.78 is 16.8. The first-order valence-electron chi connectivity index (χ1n) is 8.86. The van der Waals surface area contributed by atoms with Gasteiger partial charge in [-0.05, 0) is 30.3 Å². The van der Waals surface area contributed by atoms with E-state index in [2.05, 4.69) is 15.3 Å². The first-order chi connectivity index (χ1) is 14.5. The molecule has 9 heteroatoms. The molecule has 30 heavy (non-hydrogen) atoms. The third kappa shape index (κ3) is 4.13. The topological polar surface area (TPSA) is 107 Å². The van der Waals surface area contributed by atoms with Gasteiger partial charge in [0, 0.05) is 35.5 Å². The third-order valence-corrected chi connectivity index (χ3v) is 4.61. The van der Waals surface area contributed by atoms with E-state index in [0.29, 0.717) is 45.9 Å². The molecule has 0 saturated carbocycles. The fourth-order valence-corrected chi connectivity index (χ4v) is 3.07. The molecule has 0 aliphatic rings. The van der Waals surface area contributed by atoms with Crippen LogP contribution in [-0.2, 0) is 6.54 Å². The summed E-state index contributed by atoms with van der Waals surface area (Å²) in [5.74, 6) is 0.364. The predicted octanol–water partition coefficient (Wildman–Crippen LogP) is 4.99. The molecule has 0 radical (unpaired) electrons. The summed E-state index contributed by atoms with van der Waals surface area (Å²) in [6.07, 6.45) is 1.37. The Balaban J connectivity index is 1.52. The van der Waals surface area contributed by atoms with Crippen LogP contribution in [0.5, 0.6) is 17.2 Å². The summed E-state index contributed by atoms with van der Waals surface area (Å²) in [5, 5.41) is 12.7. The monoisotopic (exact) mass is 425 g/mol. The van der Waals surface area contributed by atoms with Crippen molar-refractivity contribution in [3.05, 3.63) is 71.0 Å². The van der Waals surface area contributed by atoms with Crippen LogP contribution in [0.3, 0.4) is 0 Å². The predicted molar refractivity (Wildman–Crippen MR) is 111 cm³/mol. The molecule has 152 valence electrons. The number of nitrogens with one attached hydrogen (secondary N) is 1. The van der Waals surface area contributed by atoms with Crippen molar-refractivity contribution in [1.29, 1.82) is 0 Å². The Morgan fingerprint density at radius 3 is 2.83 bits per heavy atom. The Morgan fingerprint density at radius 2 is 2.03 bits per heavy atom. The van der Waals surface area contributed by atoms with Crippen molar-refractivity contribution in [3.63, 3.8) is 0 Å². The van der Waals surface area contributed by atoms with Crippen LogP contribution in [0.15, 0.2) is 59.1 Å². The largest absolute Gasteiger partial charge is 0.496 e. The maximum absolute atomic E-state index is 11.0. The highest BCUT2D eigenvalue weighted by molar-refractivity contribution is 6.31. The average molecular weight is 426 g/mol. The highest BCUT2D eigenvalue weighted by Gasteiger charge is 2.12. The van der Waals surface area contributed by atoms with Crippen LogP contribution in [-0.4, -0.2) is 28.2 Å². The zero-order chi connectivity index (χ0) is 21.1. The van der Waals surface area contributed by atoms with E-state index in [9.17, 15) is 4.79 Å². The minimum absolute atomic E-state index is 0.102. The van der Waals surface area contributed by atoms with Gasteiger partial charge in [0.2, 0.25) is 0 Å². The Morgan fingerprint density at radius 1 is 1.20 bits per heavy atom. The van der Waals surface area contributed by atoms with Crippen LogP contribution < -0.4 is 14.8 Å². The van der Waals surface area contributed by atoms with Gasteiger partial charge in [-0.15, -0.1) is 0 Å². The zero-order valence-electron chi connectivity index (χ0n) is 15.8. The van der Waals surface area contributed by atoms with Gasteiger partial charge in [-0.2, -0.15) is 4.98 Å². The number of halogens is 1. The number of carbonyl (C=O) groups is 1. The quantitative estimate of drug-likeness (QED) is 0.426. The van der Waals surface area contributed by atoms with Gasteiger partial charge >= 0.3 is 5.97 Å². The van der Waals surface area contributed by atoms with E-state index in [4.69, 9.17) is 30.6 Å². The Kier molecular flexibility index (Phi) is 5.40. The number of oxazole rings is 1. The second-order valence-electron chi connectivity index (χ2n) is 6.21. The van der Waals surface area contributed by atoms with Crippen LogP contribution in [0.2, 0.25) is 5.02 Å². The molecular weight excluding hydrogens is 410 g/mol. The van der Waals surface area contributed by atoms with Gasteiger partial charge in [0.25, 0.3) is 6.01 Å². The fraction of sp³-hybridized carbons (Fsp3) is 0.0952. The number of nitrogens with zero attached hydrogens (tertiary/aromatic N) is 2. The molecule has 0 amide bonds. The molecular formula is C21H16ClN3O5. The molecule has 0 aliphatic heterocycles. The number of pyridine rings is 1. The van der Waals surface area contributed by atoms with Gasteiger partial charge in [0.1, 0.15) is 22.8 Å². The van der Waals surface area contributed by atoms with E-state index >= 15 is 0 Å². The second-order valence-corrected chi connectivity index (χ2v) is 6.61. The van der Waals surface area contributed by atoms with Gasteiger partial charge in [-0.1, -0.05) is 17.7 Å². The molecule has 0 atom stereocenters. The van der Waals surface area contributed by atoms with Gasteiger partial charge in [0.15, 0.2) is 11.3 Å². The third-order valence-electron chi connectivity index (χ3n) is 4.26. The Bertz CT molecular complexity index is 1220. The molecule has 2 aromatic heterocycles. The normalized spacial score (nSPS) is 10.7. The maximum atomic E-state index is 11.0. The molecule has 2 aromatic carbocycles. The number of methoxy groups -OCH3 is 1. The Hall–Kier alpha value is -3.78. The number of benzene rings is 2. The molecule has 0 aliphatic carbocycles. The number of carboxylic acids is 1. The van der Waals surface area contributed by atoms with Gasteiger partial charge in [-0.25, -0.2) is 9.78 Å². The number of ether oxygens (including phenoxy) is 2. The first kappa shape index (κ1) is 19.5. The number of aromatic carboxylic acids is 1. The van der Waals surface area contributed by atoms with Crippen molar-refractivity contribution in [1.82, 2.24) is 9.97 Å². The molecule has 4 rings (SSSR count). The van der Waals surface area contributed by atoms with Crippen molar-refractivity contribution in [3.8, 4) is 17.2 Å². The number of anilines is 1. The number of fused-ring (bicyclic) bond motifs is 1. The van der Waals surface area contributed by atoms with Gasteiger partial charge < -0.3 is 24.3 Å². The number of hydrogen-bond acceptors (Lipinski definition) is 7. The van der Waals surface area contributed by atoms with Crippen molar-refractivity contribution in [2.45, 2.75) is 6.54 Å². The zero-order valence-corrected chi connectivity index (χ0v) is 16.5. The van der Waals surface area contributed by atoms with Crippen LogP contribution in [0.25, 0.3) is 11.1 Å². The van der Waals surface area contributed by atoms with Crippen molar-refractivity contribution >= 4 is 34.7 Å². The lowest BCUT2D eigenvalue weighted by molar-refractivity contribution is 0.0690. The summed E-state index contributed by atoms with van der Waals surface area (Å²) in [6, 6.07) is 13.8. The summed E-state index contributed by atoms with van der Waals surface area (Å²) in [4.78, 5) is 19.2. The number of carboxylic acid groups (broad SMARTS) is 1. The highest BCUT2D eigenvalue weighted by atomic mass is 35.5. The van der Waals surface area contributed by atoms with E-state index < -0.39 is 5.97 Å². The second kappa shape index (κ2) is 8.30. The van der Waals surface area contributed by atoms with Crippen LogP contribution >= 0.6 is 11.6 Å². The molecule has 0 saturated heterocycles. The first-order valence-corrected chi connectivity index (χ1v) is 9.24. The van der Waals surface area contributed by atoms with E-state index in [1.165, 1.54) is 12.3 Å². The molecule has 0 bridgehead atoms. The minimum atomic E-state index is -1.13. The molecule has 0 spiro atoms. The van der Waals surface area contributed by atoms with E-state index in [-0.39, 0.29) is 5.69 Å². The molecule has 2 N–H and O–H groups in total. The lowest BCUT2D eigenvalue weighted by atomic mass is 10.2. The standard InChI is InChI=1S/C21H16ClN3O5/c1-28-18-4-2-3-15(22)14(18)11-24-21-25-16-6-5-12(10-19(16)30-21)29-13-7-8-23-17(9-13)20(26)27/h2-10H,11H2,1H3,(H,24,25)(H,26,27). The summed E-state index contributed by atoms with van der Waals surface area (Å²) in [6.45, 7) is 0.369. The average Bonchev–Trinajstić information content (AvgIpc) is 3.15. The SMILES string of the molecule is COc1cccc(Cl)c1CNc1nc2ccc(Oc3ccnc(C(=O)O)c3)cc2o1. The summed E-state index contributed by atoms with van der Waals surface area (Å²) in [5.41, 5.74) is 1.83. The fourth-order valence-electron chi connectivity index (χ4n) is 2.84. The van der Waals surface area contributed by atoms with Gasteiger partial charge in [0.05, 0.1) is 7.11 Å². The number of hydrogen-bond donors (Lipinski definition) is 2. The van der Waals surface area contributed by atoms with Gasteiger partial charge in [-0.3, -0.25) is 0 Å². The molecule has 8 nitrogen and oxygen atoms in total. The van der Waals surface area contributed by atoms with Crippen LogP contribution in [0, 0.1) is 0 Å². The van der Waals surface area contributed by atoms with Crippen LogP contribution in [0.1, 0.15) is 16.1 Å². The maximum Gasteiger partial charge on any atom is 0.354 e. The minimum Gasteiger partial charge on any atom is -0.496 e. The van der Waals surface area contributed by atoms with Crippen molar-refractivity contribution in [2.24, 2.45) is 0 Å². The van der Waals surface area contributed by atoms with Crippen molar-refractivity contribution in [2.75, 3.05) is 12.4 Å².